The summed E-state index contributed by atoms with van der Waals surface area (Å²) in [4.78, 5) is 17.7. The number of carbonyl (C=O) groups excluding carboxylic acids is 1. The van der Waals surface area contributed by atoms with Crippen LogP contribution in [-0.2, 0) is 24.9 Å². The van der Waals surface area contributed by atoms with Crippen LogP contribution in [0.15, 0.2) is 36.4 Å². The highest BCUT2D eigenvalue weighted by atomic mass is 16.5. The Kier molecular flexibility index (Phi) is 5.03. The summed E-state index contributed by atoms with van der Waals surface area (Å²) in [7, 11) is 1.81. The first-order valence-electron chi connectivity index (χ1n) is 9.40. The van der Waals surface area contributed by atoms with Crippen LogP contribution in [0.4, 0.5) is 0 Å². The topological polar surface area (TPSA) is 101 Å². The van der Waals surface area contributed by atoms with Crippen molar-refractivity contribution in [2.45, 2.75) is 33.4 Å². The molecule has 0 N–H and O–H groups in total. The van der Waals surface area contributed by atoms with Gasteiger partial charge in [0.15, 0.2) is 18.1 Å². The number of rotatable bonds is 6. The van der Waals surface area contributed by atoms with Gasteiger partial charge >= 0.3 is 5.97 Å². The summed E-state index contributed by atoms with van der Waals surface area (Å²) >= 11 is 0. The summed E-state index contributed by atoms with van der Waals surface area (Å²) in [5.41, 5.74) is 3.37. The minimum Gasteiger partial charge on any atom is -0.454 e. The quantitative estimate of drug-likeness (QED) is 0.466. The van der Waals surface area contributed by atoms with E-state index in [1.54, 1.807) is 15.4 Å². The number of hydrogen-bond acceptors (Lipinski definition) is 7. The maximum absolute atomic E-state index is 13.0. The van der Waals surface area contributed by atoms with E-state index < -0.39 is 5.97 Å². The Morgan fingerprint density at radius 1 is 1.21 bits per heavy atom. The monoisotopic (exact) mass is 391 g/mol. The molecule has 0 amide bonds. The Hall–Kier alpha value is -3.62. The van der Waals surface area contributed by atoms with Gasteiger partial charge in [-0.15, -0.1) is 5.10 Å². The Morgan fingerprint density at radius 2 is 2.00 bits per heavy atom. The molecular formula is C20H21N7O2. The lowest BCUT2D eigenvalue weighted by Crippen LogP contribution is -2.12. The highest BCUT2D eigenvalue weighted by Gasteiger charge is 2.21. The van der Waals surface area contributed by atoms with E-state index in [0.717, 1.165) is 17.7 Å². The van der Waals surface area contributed by atoms with Crippen LogP contribution in [0.3, 0.4) is 0 Å². The standard InChI is InChI=1S/C20H21N7O2/c1-4-10-27-17(22-24-25-27)12-29-20(28)15-11-16(14-8-6-5-7-9-14)21-19-18(15)13(2)23-26(19)3/h5-9,11H,4,10,12H2,1-3H3. The minimum absolute atomic E-state index is 0.00434. The van der Waals surface area contributed by atoms with E-state index in [0.29, 0.717) is 34.7 Å². The van der Waals surface area contributed by atoms with Crippen LogP contribution in [0, 0.1) is 6.92 Å². The van der Waals surface area contributed by atoms with Gasteiger partial charge in [-0.2, -0.15) is 5.10 Å². The molecule has 4 aromatic rings. The molecule has 0 aliphatic heterocycles. The van der Waals surface area contributed by atoms with Gasteiger partial charge in [0, 0.05) is 19.2 Å². The fraction of sp³-hybridized carbons (Fsp3) is 0.300. The van der Waals surface area contributed by atoms with Gasteiger partial charge in [-0.25, -0.2) is 14.5 Å². The molecule has 0 saturated carbocycles. The number of aromatic nitrogens is 7. The zero-order valence-corrected chi connectivity index (χ0v) is 16.5. The molecule has 0 fully saturated rings. The molecule has 0 unspecified atom stereocenters. The molecular weight excluding hydrogens is 370 g/mol. The van der Waals surface area contributed by atoms with Crippen LogP contribution < -0.4 is 0 Å². The summed E-state index contributed by atoms with van der Waals surface area (Å²) in [6.07, 6.45) is 0.881. The molecule has 0 spiro atoms. The number of pyridine rings is 1. The first-order valence-corrected chi connectivity index (χ1v) is 9.40. The molecule has 0 atom stereocenters. The SMILES string of the molecule is CCCn1nnnc1COC(=O)c1cc(-c2ccccc2)nc2c1c(C)nn2C. The van der Waals surface area contributed by atoms with Crippen molar-refractivity contribution in [3.05, 3.63) is 53.5 Å². The van der Waals surface area contributed by atoms with E-state index >= 15 is 0 Å². The molecule has 0 aliphatic rings. The number of hydrogen-bond donors (Lipinski definition) is 0. The summed E-state index contributed by atoms with van der Waals surface area (Å²) < 4.78 is 8.87. The summed E-state index contributed by atoms with van der Waals surface area (Å²) in [5, 5.41) is 16.6. The van der Waals surface area contributed by atoms with Gasteiger partial charge in [0.25, 0.3) is 0 Å². The Bertz CT molecular complexity index is 1160. The normalized spacial score (nSPS) is 11.1. The van der Waals surface area contributed by atoms with Crippen molar-refractivity contribution in [2.75, 3.05) is 0 Å². The first kappa shape index (κ1) is 18.7. The summed E-state index contributed by atoms with van der Waals surface area (Å²) in [6, 6.07) is 11.5. The molecule has 3 heterocycles. The second-order valence-electron chi connectivity index (χ2n) is 6.72. The Labute approximate surface area is 167 Å². The molecule has 4 rings (SSSR count). The third-order valence-electron chi connectivity index (χ3n) is 4.63. The number of esters is 1. The molecule has 3 aromatic heterocycles. The van der Waals surface area contributed by atoms with Crippen LogP contribution >= 0.6 is 0 Å². The second kappa shape index (κ2) is 7.78. The molecule has 0 radical (unpaired) electrons. The number of tetrazole rings is 1. The Morgan fingerprint density at radius 3 is 2.76 bits per heavy atom. The lowest BCUT2D eigenvalue weighted by molar-refractivity contribution is 0.0458. The van der Waals surface area contributed by atoms with Crippen molar-refractivity contribution >= 4 is 17.0 Å². The predicted molar refractivity (Wildman–Crippen MR) is 106 cm³/mol. The van der Waals surface area contributed by atoms with Crippen molar-refractivity contribution in [1.82, 2.24) is 35.0 Å². The van der Waals surface area contributed by atoms with Gasteiger partial charge in [-0.3, -0.25) is 4.68 Å². The highest BCUT2D eigenvalue weighted by molar-refractivity contribution is 6.04. The fourth-order valence-electron chi connectivity index (χ4n) is 3.28. The molecule has 9 heteroatoms. The van der Waals surface area contributed by atoms with E-state index in [4.69, 9.17) is 9.72 Å². The molecule has 0 aliphatic carbocycles. The maximum Gasteiger partial charge on any atom is 0.339 e. The lowest BCUT2D eigenvalue weighted by Gasteiger charge is -2.09. The zero-order chi connectivity index (χ0) is 20.4. The van der Waals surface area contributed by atoms with E-state index in [1.807, 2.05) is 51.2 Å². The van der Waals surface area contributed by atoms with Gasteiger partial charge in [0.05, 0.1) is 22.3 Å². The van der Waals surface area contributed by atoms with Crippen LogP contribution in [-0.4, -0.2) is 40.9 Å². The van der Waals surface area contributed by atoms with Gasteiger partial charge in [0.2, 0.25) is 0 Å². The molecule has 1 aromatic carbocycles. The number of fused-ring (bicyclic) bond motifs is 1. The maximum atomic E-state index is 13.0. The number of carbonyl (C=O) groups is 1. The number of aryl methyl sites for hydroxylation is 3. The third kappa shape index (κ3) is 3.58. The van der Waals surface area contributed by atoms with E-state index in [1.165, 1.54) is 0 Å². The summed E-state index contributed by atoms with van der Waals surface area (Å²) in [5.74, 6) is 0.0495. The average Bonchev–Trinajstić information content (AvgIpc) is 3.30. The van der Waals surface area contributed by atoms with E-state index in [2.05, 4.69) is 20.6 Å². The molecule has 0 bridgehead atoms. The number of ether oxygens (including phenoxy) is 1. The minimum atomic E-state index is -0.461. The average molecular weight is 391 g/mol. The van der Waals surface area contributed by atoms with Crippen molar-refractivity contribution in [3.8, 4) is 11.3 Å². The van der Waals surface area contributed by atoms with Gasteiger partial charge < -0.3 is 4.74 Å². The summed E-state index contributed by atoms with van der Waals surface area (Å²) in [6.45, 7) is 4.54. The molecule has 29 heavy (non-hydrogen) atoms. The van der Waals surface area contributed by atoms with Gasteiger partial charge in [-0.05, 0) is 29.8 Å². The van der Waals surface area contributed by atoms with Crippen LogP contribution in [0.5, 0.6) is 0 Å². The van der Waals surface area contributed by atoms with E-state index in [-0.39, 0.29) is 6.61 Å². The zero-order valence-electron chi connectivity index (χ0n) is 16.5. The largest absolute Gasteiger partial charge is 0.454 e. The first-order chi connectivity index (χ1) is 14.1. The fourth-order valence-corrected chi connectivity index (χ4v) is 3.28. The molecule has 9 nitrogen and oxygen atoms in total. The van der Waals surface area contributed by atoms with E-state index in [9.17, 15) is 4.79 Å². The van der Waals surface area contributed by atoms with Crippen LogP contribution in [0.2, 0.25) is 0 Å². The molecule has 0 saturated heterocycles. The highest BCUT2D eigenvalue weighted by Crippen LogP contribution is 2.27. The van der Waals surface area contributed by atoms with Gasteiger partial charge in [-0.1, -0.05) is 37.3 Å². The Balaban J connectivity index is 1.71. The van der Waals surface area contributed by atoms with Crippen LogP contribution in [0.1, 0.15) is 35.2 Å². The third-order valence-corrected chi connectivity index (χ3v) is 4.63. The van der Waals surface area contributed by atoms with Gasteiger partial charge in [0.1, 0.15) is 0 Å². The number of benzene rings is 1. The van der Waals surface area contributed by atoms with Crippen molar-refractivity contribution in [3.63, 3.8) is 0 Å². The van der Waals surface area contributed by atoms with Crippen molar-refractivity contribution < 1.29 is 9.53 Å². The second-order valence-corrected chi connectivity index (χ2v) is 6.72. The van der Waals surface area contributed by atoms with Crippen molar-refractivity contribution in [1.29, 1.82) is 0 Å². The number of nitrogens with zero attached hydrogens (tertiary/aromatic N) is 7. The predicted octanol–water partition coefficient (Wildman–Crippen LogP) is 2.70. The molecule has 148 valence electrons. The van der Waals surface area contributed by atoms with Crippen LogP contribution in [0.25, 0.3) is 22.3 Å². The smallest absolute Gasteiger partial charge is 0.339 e. The lowest BCUT2D eigenvalue weighted by atomic mass is 10.1. The van der Waals surface area contributed by atoms with Crippen molar-refractivity contribution in [2.24, 2.45) is 7.05 Å².